The molecule has 0 spiro atoms. The lowest BCUT2D eigenvalue weighted by molar-refractivity contribution is -0.133. The number of amides is 1. The number of ether oxygens (including phenoxy) is 5. The van der Waals surface area contributed by atoms with Crippen molar-refractivity contribution in [1.29, 1.82) is 0 Å². The number of nitrogens with zero attached hydrogens (tertiary/aromatic N) is 3. The number of hydrogen-bond acceptors (Lipinski definition) is 10. The number of pyridine rings is 1. The smallest absolute Gasteiger partial charge is 0.225 e. The summed E-state index contributed by atoms with van der Waals surface area (Å²) in [6, 6.07) is 3.27. The second-order valence-electron chi connectivity index (χ2n) is 9.08. The highest BCUT2D eigenvalue weighted by molar-refractivity contribution is 5.76. The first-order valence-corrected chi connectivity index (χ1v) is 13.8. The molecule has 1 aliphatic rings. The van der Waals surface area contributed by atoms with Crippen molar-refractivity contribution in [2.24, 2.45) is 0 Å². The Morgan fingerprint density at radius 3 is 2.18 bits per heavy atom. The van der Waals surface area contributed by atoms with E-state index in [4.69, 9.17) is 23.7 Å². The molecular formula is C27H47N3O8. The van der Waals surface area contributed by atoms with E-state index in [1.165, 1.54) is 0 Å². The summed E-state index contributed by atoms with van der Waals surface area (Å²) >= 11 is 0. The molecule has 1 fully saturated rings. The fraction of sp³-hybridized carbons (Fsp3) is 0.778. The molecule has 0 aromatic carbocycles. The van der Waals surface area contributed by atoms with Gasteiger partial charge in [0.25, 0.3) is 0 Å². The summed E-state index contributed by atoms with van der Waals surface area (Å²) < 4.78 is 27.9. The molecular weight excluding hydrogens is 494 g/mol. The van der Waals surface area contributed by atoms with Crippen LogP contribution >= 0.6 is 0 Å². The van der Waals surface area contributed by atoms with Gasteiger partial charge in [-0.2, -0.15) is 0 Å². The van der Waals surface area contributed by atoms with E-state index in [2.05, 4.69) is 16.8 Å². The van der Waals surface area contributed by atoms with Crippen LogP contribution in [0, 0.1) is 0 Å². The molecule has 1 aromatic rings. The van der Waals surface area contributed by atoms with E-state index < -0.39 is 0 Å². The predicted octanol–water partition coefficient (Wildman–Crippen LogP) is 1.24. The maximum absolute atomic E-state index is 12.8. The first-order chi connectivity index (χ1) is 18.7. The molecule has 11 nitrogen and oxygen atoms in total. The van der Waals surface area contributed by atoms with Gasteiger partial charge >= 0.3 is 0 Å². The van der Waals surface area contributed by atoms with Gasteiger partial charge in [-0.05, 0) is 6.42 Å². The number of aliphatic hydroxyl groups is 2. The van der Waals surface area contributed by atoms with Crippen LogP contribution in [0.25, 0.3) is 0 Å². The summed E-state index contributed by atoms with van der Waals surface area (Å²) in [4.78, 5) is 21.0. The lowest BCUT2D eigenvalue weighted by Gasteiger charge is -2.26. The molecule has 0 unspecified atom stereocenters. The topological polar surface area (TPSA) is 123 Å². The molecule has 2 heterocycles. The number of aliphatic hydroxyl groups excluding tert-OH is 2. The molecule has 2 N–H and O–H groups in total. The van der Waals surface area contributed by atoms with Gasteiger partial charge in [0.1, 0.15) is 12.4 Å². The van der Waals surface area contributed by atoms with E-state index >= 15 is 0 Å². The molecule has 1 aromatic heterocycles. The van der Waals surface area contributed by atoms with Gasteiger partial charge in [0, 0.05) is 38.3 Å². The van der Waals surface area contributed by atoms with Crippen molar-refractivity contribution in [2.45, 2.75) is 45.8 Å². The summed E-state index contributed by atoms with van der Waals surface area (Å²) in [5, 5.41) is 18.7. The summed E-state index contributed by atoms with van der Waals surface area (Å²) in [5.74, 6) is 0.543. The third-order valence-corrected chi connectivity index (χ3v) is 6.10. The number of carbonyl (C=O) groups is 1. The van der Waals surface area contributed by atoms with E-state index in [0.29, 0.717) is 82.9 Å². The second kappa shape index (κ2) is 21.0. The molecule has 1 aliphatic heterocycles. The van der Waals surface area contributed by atoms with E-state index in [9.17, 15) is 15.0 Å². The van der Waals surface area contributed by atoms with Crippen LogP contribution in [0.5, 0.6) is 5.75 Å². The minimum atomic E-state index is -0.236. The Balaban J connectivity index is 1.56. The third kappa shape index (κ3) is 14.3. The minimum absolute atomic E-state index is 0.0288. The highest BCUT2D eigenvalue weighted by Gasteiger charge is 2.14. The molecule has 0 radical (unpaired) electrons. The van der Waals surface area contributed by atoms with Crippen molar-refractivity contribution in [3.63, 3.8) is 0 Å². The SMILES string of the molecule is CCCCCN(CCOc1cc(CO)nc(CO)c1)C(=O)CCOCCOCCOCCN1CCOCC1. The van der Waals surface area contributed by atoms with Gasteiger partial charge in [0.05, 0.1) is 90.4 Å². The van der Waals surface area contributed by atoms with Crippen molar-refractivity contribution in [3.05, 3.63) is 23.5 Å². The summed E-state index contributed by atoms with van der Waals surface area (Å²) in [6.07, 6.45) is 3.37. The maximum Gasteiger partial charge on any atom is 0.225 e. The van der Waals surface area contributed by atoms with Gasteiger partial charge in [0.15, 0.2) is 0 Å². The molecule has 0 bridgehead atoms. The van der Waals surface area contributed by atoms with Gasteiger partial charge in [-0.3, -0.25) is 14.7 Å². The van der Waals surface area contributed by atoms with Crippen LogP contribution in [0.1, 0.15) is 44.0 Å². The number of rotatable bonds is 22. The van der Waals surface area contributed by atoms with Crippen molar-refractivity contribution in [1.82, 2.24) is 14.8 Å². The molecule has 11 heteroatoms. The Labute approximate surface area is 227 Å². The highest BCUT2D eigenvalue weighted by atomic mass is 16.5. The lowest BCUT2D eigenvalue weighted by atomic mass is 10.2. The molecule has 0 atom stereocenters. The predicted molar refractivity (Wildman–Crippen MR) is 142 cm³/mol. The Hall–Kier alpha value is -1.86. The monoisotopic (exact) mass is 541 g/mol. The zero-order valence-electron chi connectivity index (χ0n) is 23.0. The number of carbonyl (C=O) groups excluding carboxylic acids is 1. The highest BCUT2D eigenvalue weighted by Crippen LogP contribution is 2.15. The summed E-state index contributed by atoms with van der Waals surface area (Å²) in [7, 11) is 0. The first-order valence-electron chi connectivity index (χ1n) is 13.8. The van der Waals surface area contributed by atoms with E-state index in [-0.39, 0.29) is 19.1 Å². The van der Waals surface area contributed by atoms with E-state index in [0.717, 1.165) is 52.1 Å². The van der Waals surface area contributed by atoms with Crippen molar-refractivity contribution in [2.75, 3.05) is 92.2 Å². The van der Waals surface area contributed by atoms with Crippen LogP contribution in [0.4, 0.5) is 0 Å². The van der Waals surface area contributed by atoms with Crippen molar-refractivity contribution < 1.29 is 38.7 Å². The summed E-state index contributed by atoms with van der Waals surface area (Å²) in [5.41, 5.74) is 0.861. The van der Waals surface area contributed by atoms with Crippen LogP contribution in [0.2, 0.25) is 0 Å². The van der Waals surface area contributed by atoms with E-state index in [1.54, 1.807) is 12.1 Å². The van der Waals surface area contributed by atoms with Gasteiger partial charge < -0.3 is 38.8 Å². The van der Waals surface area contributed by atoms with Crippen molar-refractivity contribution >= 4 is 5.91 Å². The fourth-order valence-corrected chi connectivity index (χ4v) is 3.93. The van der Waals surface area contributed by atoms with Gasteiger partial charge in [-0.15, -0.1) is 0 Å². The normalized spacial score (nSPS) is 14.1. The Bertz CT molecular complexity index is 727. The van der Waals surface area contributed by atoms with Crippen molar-refractivity contribution in [3.8, 4) is 5.75 Å². The molecule has 1 amide bonds. The number of hydrogen-bond donors (Lipinski definition) is 2. The molecule has 2 rings (SSSR count). The molecule has 0 aliphatic carbocycles. The maximum atomic E-state index is 12.8. The largest absolute Gasteiger partial charge is 0.492 e. The van der Waals surface area contributed by atoms with Crippen LogP contribution in [-0.4, -0.2) is 123 Å². The number of morpholine rings is 1. The van der Waals surface area contributed by atoms with Gasteiger partial charge in [-0.25, -0.2) is 0 Å². The number of aromatic nitrogens is 1. The Morgan fingerprint density at radius 2 is 1.55 bits per heavy atom. The average Bonchev–Trinajstić information content (AvgIpc) is 2.95. The van der Waals surface area contributed by atoms with Crippen LogP contribution < -0.4 is 4.74 Å². The molecule has 0 saturated carbocycles. The third-order valence-electron chi connectivity index (χ3n) is 6.10. The molecule has 218 valence electrons. The van der Waals surface area contributed by atoms with Crippen LogP contribution in [0.15, 0.2) is 12.1 Å². The molecule has 38 heavy (non-hydrogen) atoms. The van der Waals surface area contributed by atoms with Crippen LogP contribution in [-0.2, 0) is 37.0 Å². The lowest BCUT2D eigenvalue weighted by Crippen LogP contribution is -2.38. The van der Waals surface area contributed by atoms with Gasteiger partial charge in [0.2, 0.25) is 5.91 Å². The van der Waals surface area contributed by atoms with Crippen LogP contribution in [0.3, 0.4) is 0 Å². The number of unbranched alkanes of at least 4 members (excludes halogenated alkanes) is 2. The minimum Gasteiger partial charge on any atom is -0.492 e. The van der Waals surface area contributed by atoms with E-state index in [1.807, 2.05) is 4.90 Å². The quantitative estimate of drug-likeness (QED) is 0.207. The second-order valence-corrected chi connectivity index (χ2v) is 9.08. The van der Waals surface area contributed by atoms with Gasteiger partial charge in [-0.1, -0.05) is 19.8 Å². The average molecular weight is 542 g/mol. The zero-order chi connectivity index (χ0) is 27.3. The summed E-state index contributed by atoms with van der Waals surface area (Å²) in [6.45, 7) is 10.5. The first kappa shape index (κ1) is 32.4. The standard InChI is InChI=1S/C27H47N3O8/c1-2-3-4-6-30(10-15-38-26-20-24(22-31)28-25(21-26)23-32)27(33)5-11-34-16-18-37-19-17-36-14-9-29-7-12-35-13-8-29/h20-21,31-32H,2-19,22-23H2,1H3. The zero-order valence-corrected chi connectivity index (χ0v) is 23.0. The fourth-order valence-electron chi connectivity index (χ4n) is 3.93. The molecule has 1 saturated heterocycles. The Kier molecular flexibility index (Phi) is 17.9. The Morgan fingerprint density at radius 1 is 0.921 bits per heavy atom.